The smallest absolute Gasteiger partial charge is 0.303 e. The first-order valence-electron chi connectivity index (χ1n) is 5.29. The third-order valence-electron chi connectivity index (χ3n) is 2.85. The zero-order chi connectivity index (χ0) is 11.7. The number of hydrogen-bond donors (Lipinski definition) is 0. The summed E-state index contributed by atoms with van der Waals surface area (Å²) in [5, 5.41) is 0. The van der Waals surface area contributed by atoms with Crippen LogP contribution in [0.4, 0.5) is 0 Å². The number of fused-ring (bicyclic) bond motifs is 1. The molecule has 2 aliphatic carbocycles. The lowest BCUT2D eigenvalue weighted by molar-refractivity contribution is -0.153. The molecule has 0 bridgehead atoms. The van der Waals surface area contributed by atoms with Crippen LogP contribution < -0.4 is 0 Å². The first-order chi connectivity index (χ1) is 7.58. The Bertz CT molecular complexity index is 335. The Morgan fingerprint density at radius 2 is 1.19 bits per heavy atom. The van der Waals surface area contributed by atoms with Crippen LogP contribution in [0.15, 0.2) is 24.3 Å². The predicted molar refractivity (Wildman–Crippen MR) is 56.4 cm³/mol. The predicted octanol–water partition coefficient (Wildman–Crippen LogP) is 1.22. The fraction of sp³-hybridized carbons (Fsp3) is 0.500. The minimum atomic E-state index is -0.292. The monoisotopic (exact) mass is 222 g/mol. The standard InChI is InChI=1S/C12H14O4/c1-7(13)15-11-5-6-12(16-8(2)14)10-4-3-9(10)11/h3-6,9-12H,1-2H3/t9-,10+,11-,12+. The molecular weight excluding hydrogens is 208 g/mol. The second-order valence-electron chi connectivity index (χ2n) is 4.07. The Labute approximate surface area is 93.9 Å². The van der Waals surface area contributed by atoms with Gasteiger partial charge in [-0.3, -0.25) is 9.59 Å². The van der Waals surface area contributed by atoms with Crippen LogP contribution in [-0.4, -0.2) is 24.1 Å². The van der Waals surface area contributed by atoms with Crippen molar-refractivity contribution in [3.8, 4) is 0 Å². The maximum Gasteiger partial charge on any atom is 0.303 e. The molecule has 0 aromatic rings. The third kappa shape index (κ3) is 2.01. The molecule has 2 aliphatic rings. The van der Waals surface area contributed by atoms with Crippen LogP contribution in [0, 0.1) is 11.8 Å². The molecule has 2 rings (SSSR count). The van der Waals surface area contributed by atoms with Gasteiger partial charge in [0.25, 0.3) is 0 Å². The van der Waals surface area contributed by atoms with Gasteiger partial charge in [-0.25, -0.2) is 0 Å². The molecule has 86 valence electrons. The highest BCUT2D eigenvalue weighted by atomic mass is 16.6. The van der Waals surface area contributed by atoms with Crippen LogP contribution in [0.2, 0.25) is 0 Å². The SMILES string of the molecule is CC(=O)O[C@H]1C=C[C@@H](OC(C)=O)[C@@H]2C=C[C@@H]21. The fourth-order valence-electron chi connectivity index (χ4n) is 2.12. The number of esters is 2. The van der Waals surface area contributed by atoms with Gasteiger partial charge in [-0.05, 0) is 12.2 Å². The van der Waals surface area contributed by atoms with Crippen LogP contribution in [0.5, 0.6) is 0 Å². The van der Waals surface area contributed by atoms with E-state index in [-0.39, 0.29) is 36.0 Å². The summed E-state index contributed by atoms with van der Waals surface area (Å²) in [4.78, 5) is 21.8. The van der Waals surface area contributed by atoms with Crippen LogP contribution in [0.1, 0.15) is 13.8 Å². The summed E-state index contributed by atoms with van der Waals surface area (Å²) in [6, 6.07) is 0. The van der Waals surface area contributed by atoms with Crippen molar-refractivity contribution in [3.63, 3.8) is 0 Å². The second-order valence-corrected chi connectivity index (χ2v) is 4.07. The Kier molecular flexibility index (Phi) is 2.81. The molecule has 0 amide bonds. The van der Waals surface area contributed by atoms with E-state index < -0.39 is 0 Å². The van der Waals surface area contributed by atoms with E-state index in [9.17, 15) is 9.59 Å². The molecule has 4 heteroatoms. The van der Waals surface area contributed by atoms with Crippen molar-refractivity contribution in [2.45, 2.75) is 26.1 Å². The van der Waals surface area contributed by atoms with E-state index in [1.165, 1.54) is 13.8 Å². The van der Waals surface area contributed by atoms with Gasteiger partial charge in [0.05, 0.1) is 0 Å². The van der Waals surface area contributed by atoms with E-state index in [0.717, 1.165) is 0 Å². The number of ether oxygens (including phenoxy) is 2. The van der Waals surface area contributed by atoms with Crippen molar-refractivity contribution >= 4 is 11.9 Å². The van der Waals surface area contributed by atoms with Gasteiger partial charge in [0, 0.05) is 25.7 Å². The zero-order valence-corrected chi connectivity index (χ0v) is 9.25. The molecule has 0 fully saturated rings. The van der Waals surface area contributed by atoms with Crippen LogP contribution in [-0.2, 0) is 19.1 Å². The van der Waals surface area contributed by atoms with E-state index in [1.807, 2.05) is 12.2 Å². The molecule has 0 aromatic carbocycles. The molecule has 0 heterocycles. The maximum atomic E-state index is 10.9. The van der Waals surface area contributed by atoms with Crippen molar-refractivity contribution in [2.24, 2.45) is 11.8 Å². The van der Waals surface area contributed by atoms with E-state index >= 15 is 0 Å². The zero-order valence-electron chi connectivity index (χ0n) is 9.25. The van der Waals surface area contributed by atoms with E-state index in [2.05, 4.69) is 0 Å². The molecular formula is C12H14O4. The number of hydrogen-bond acceptors (Lipinski definition) is 4. The summed E-state index contributed by atoms with van der Waals surface area (Å²) in [5.74, 6) is -0.309. The molecule has 0 saturated heterocycles. The van der Waals surface area contributed by atoms with Gasteiger partial charge in [-0.15, -0.1) is 0 Å². The minimum absolute atomic E-state index is 0.137. The maximum absolute atomic E-state index is 10.9. The Balaban J connectivity index is 2.06. The topological polar surface area (TPSA) is 52.6 Å². The van der Waals surface area contributed by atoms with Gasteiger partial charge in [0.2, 0.25) is 0 Å². The molecule has 0 aromatic heterocycles. The quantitative estimate of drug-likeness (QED) is 0.520. The van der Waals surface area contributed by atoms with Crippen molar-refractivity contribution in [2.75, 3.05) is 0 Å². The lowest BCUT2D eigenvalue weighted by Gasteiger charge is -2.40. The third-order valence-corrected chi connectivity index (χ3v) is 2.85. The molecule has 4 atom stereocenters. The highest BCUT2D eigenvalue weighted by Gasteiger charge is 2.41. The molecule has 0 N–H and O–H groups in total. The average molecular weight is 222 g/mol. The largest absolute Gasteiger partial charge is 0.458 e. The van der Waals surface area contributed by atoms with Gasteiger partial charge in [0.1, 0.15) is 12.2 Å². The first-order valence-corrected chi connectivity index (χ1v) is 5.29. The fourth-order valence-corrected chi connectivity index (χ4v) is 2.12. The Morgan fingerprint density at radius 1 is 0.812 bits per heavy atom. The van der Waals surface area contributed by atoms with Crippen molar-refractivity contribution in [1.82, 2.24) is 0 Å². The molecule has 0 aliphatic heterocycles. The average Bonchev–Trinajstić information content (AvgIpc) is 2.07. The minimum Gasteiger partial charge on any atom is -0.458 e. The summed E-state index contributed by atoms with van der Waals surface area (Å²) < 4.78 is 10.3. The molecule has 4 nitrogen and oxygen atoms in total. The highest BCUT2D eigenvalue weighted by Crippen LogP contribution is 2.38. The van der Waals surface area contributed by atoms with Crippen LogP contribution in [0.3, 0.4) is 0 Å². The summed E-state index contributed by atoms with van der Waals surface area (Å²) in [7, 11) is 0. The van der Waals surface area contributed by atoms with Crippen LogP contribution in [0.25, 0.3) is 0 Å². The Hall–Kier alpha value is -1.58. The molecule has 0 unspecified atom stereocenters. The lowest BCUT2D eigenvalue weighted by atomic mass is 9.71. The normalized spacial score (nSPS) is 34.9. The van der Waals surface area contributed by atoms with Crippen molar-refractivity contribution in [3.05, 3.63) is 24.3 Å². The Morgan fingerprint density at radius 3 is 1.44 bits per heavy atom. The highest BCUT2D eigenvalue weighted by molar-refractivity contribution is 5.67. The van der Waals surface area contributed by atoms with Gasteiger partial charge in [-0.1, -0.05) is 12.2 Å². The number of rotatable bonds is 2. The second kappa shape index (κ2) is 4.12. The van der Waals surface area contributed by atoms with Gasteiger partial charge in [0.15, 0.2) is 0 Å². The molecule has 0 radical (unpaired) electrons. The van der Waals surface area contributed by atoms with Crippen molar-refractivity contribution < 1.29 is 19.1 Å². The van der Waals surface area contributed by atoms with Gasteiger partial charge < -0.3 is 9.47 Å². The van der Waals surface area contributed by atoms with Crippen molar-refractivity contribution in [1.29, 1.82) is 0 Å². The summed E-state index contributed by atoms with van der Waals surface area (Å²) in [5.41, 5.74) is 0. The number of carbonyl (C=O) groups is 2. The molecule has 16 heavy (non-hydrogen) atoms. The van der Waals surface area contributed by atoms with Crippen LogP contribution >= 0.6 is 0 Å². The van der Waals surface area contributed by atoms with Gasteiger partial charge >= 0.3 is 11.9 Å². The lowest BCUT2D eigenvalue weighted by Crippen LogP contribution is -2.43. The summed E-state index contributed by atoms with van der Waals surface area (Å²) in [6.07, 6.45) is 7.11. The molecule has 0 spiro atoms. The van der Waals surface area contributed by atoms with E-state index in [0.29, 0.717) is 0 Å². The van der Waals surface area contributed by atoms with Gasteiger partial charge in [-0.2, -0.15) is 0 Å². The first kappa shape index (κ1) is 10.9. The number of carbonyl (C=O) groups excluding carboxylic acids is 2. The van der Waals surface area contributed by atoms with E-state index in [1.54, 1.807) is 12.2 Å². The van der Waals surface area contributed by atoms with E-state index in [4.69, 9.17) is 9.47 Å². The molecule has 0 saturated carbocycles. The summed E-state index contributed by atoms with van der Waals surface area (Å²) in [6.45, 7) is 2.78. The summed E-state index contributed by atoms with van der Waals surface area (Å²) >= 11 is 0.